The molecule has 0 saturated carbocycles. The van der Waals surface area contributed by atoms with Crippen LogP contribution in [-0.4, -0.2) is 22.6 Å². The Bertz CT molecular complexity index is 301. The summed E-state index contributed by atoms with van der Waals surface area (Å²) >= 11 is 2.03. The zero-order chi connectivity index (χ0) is 7.97. The molecule has 1 atom stereocenters. The second kappa shape index (κ2) is 2.43. The van der Waals surface area contributed by atoms with Gasteiger partial charge >= 0.3 is 0 Å². The highest BCUT2D eigenvalue weighted by Crippen LogP contribution is 2.38. The molecule has 12 heavy (non-hydrogen) atoms. The van der Waals surface area contributed by atoms with Gasteiger partial charge in [-0.25, -0.2) is 0 Å². The number of nitrogens with zero attached hydrogens (tertiary/aromatic N) is 1. The fourth-order valence-corrected chi connectivity index (χ4v) is 3.20. The molecule has 0 bridgehead atoms. The molecule has 3 rings (SSSR count). The first-order chi connectivity index (χ1) is 5.95. The minimum absolute atomic E-state index is 0.681. The predicted molar refractivity (Wildman–Crippen MR) is 52.9 cm³/mol. The molecular formula is C10H11NS. The third-order valence-corrected chi connectivity index (χ3v) is 3.69. The van der Waals surface area contributed by atoms with Crippen molar-refractivity contribution in [1.29, 1.82) is 0 Å². The maximum absolute atomic E-state index is 2.54. The van der Waals surface area contributed by atoms with Gasteiger partial charge in [0.1, 0.15) is 0 Å². The standard InChI is InChI=1S/C10H11NS/c1-2-4-10-8(3-1)5-9-6-12-7-11(9)10/h1-3,5,10H,4,6-7H2. The van der Waals surface area contributed by atoms with Gasteiger partial charge in [0.05, 0.1) is 11.9 Å². The van der Waals surface area contributed by atoms with Gasteiger partial charge in [-0.15, -0.1) is 11.8 Å². The summed E-state index contributed by atoms with van der Waals surface area (Å²) < 4.78 is 0. The van der Waals surface area contributed by atoms with E-state index in [-0.39, 0.29) is 0 Å². The number of hydrogen-bond donors (Lipinski definition) is 0. The van der Waals surface area contributed by atoms with Gasteiger partial charge in [-0.2, -0.15) is 0 Å². The molecule has 0 amide bonds. The first-order valence-electron chi connectivity index (χ1n) is 4.37. The summed E-state index contributed by atoms with van der Waals surface area (Å²) in [6.07, 6.45) is 10.3. The number of rotatable bonds is 0. The molecule has 0 aromatic rings. The molecule has 1 aliphatic carbocycles. The number of fused-ring (bicyclic) bond motifs is 3. The van der Waals surface area contributed by atoms with Crippen molar-refractivity contribution in [2.45, 2.75) is 12.5 Å². The van der Waals surface area contributed by atoms with Gasteiger partial charge < -0.3 is 4.90 Å². The van der Waals surface area contributed by atoms with Crippen LogP contribution in [0.5, 0.6) is 0 Å². The van der Waals surface area contributed by atoms with Gasteiger partial charge in [0.25, 0.3) is 0 Å². The molecule has 3 aliphatic rings. The Morgan fingerprint density at radius 1 is 1.50 bits per heavy atom. The SMILES string of the molecule is C1=CCC2C(=C1)C=C1CSCN12. The van der Waals surface area contributed by atoms with Gasteiger partial charge in [0.15, 0.2) is 0 Å². The summed E-state index contributed by atoms with van der Waals surface area (Å²) in [4.78, 5) is 2.54. The summed E-state index contributed by atoms with van der Waals surface area (Å²) in [5.41, 5.74) is 3.06. The lowest BCUT2D eigenvalue weighted by Crippen LogP contribution is -2.27. The van der Waals surface area contributed by atoms with E-state index in [9.17, 15) is 0 Å². The molecule has 0 aromatic heterocycles. The van der Waals surface area contributed by atoms with E-state index >= 15 is 0 Å². The molecule has 0 N–H and O–H groups in total. The zero-order valence-electron chi connectivity index (χ0n) is 6.86. The van der Waals surface area contributed by atoms with E-state index in [1.165, 1.54) is 23.6 Å². The molecular weight excluding hydrogens is 166 g/mol. The molecule has 1 saturated heterocycles. The molecule has 1 fully saturated rings. The molecule has 62 valence electrons. The van der Waals surface area contributed by atoms with Crippen molar-refractivity contribution in [3.8, 4) is 0 Å². The normalized spacial score (nSPS) is 31.3. The van der Waals surface area contributed by atoms with E-state index in [0.717, 1.165) is 0 Å². The topological polar surface area (TPSA) is 3.24 Å². The van der Waals surface area contributed by atoms with E-state index in [1.54, 1.807) is 5.70 Å². The minimum Gasteiger partial charge on any atom is -0.357 e. The van der Waals surface area contributed by atoms with Crippen LogP contribution in [0.4, 0.5) is 0 Å². The Morgan fingerprint density at radius 2 is 2.50 bits per heavy atom. The molecule has 2 heterocycles. The van der Waals surface area contributed by atoms with Gasteiger partial charge in [0, 0.05) is 11.4 Å². The van der Waals surface area contributed by atoms with Crippen LogP contribution in [0, 0.1) is 0 Å². The highest BCUT2D eigenvalue weighted by molar-refractivity contribution is 7.99. The van der Waals surface area contributed by atoms with Crippen LogP contribution in [0.2, 0.25) is 0 Å². The van der Waals surface area contributed by atoms with Crippen LogP contribution in [0.25, 0.3) is 0 Å². The first kappa shape index (κ1) is 6.84. The van der Waals surface area contributed by atoms with Crippen molar-refractivity contribution in [2.75, 3.05) is 11.6 Å². The van der Waals surface area contributed by atoms with Crippen molar-refractivity contribution in [2.24, 2.45) is 0 Å². The van der Waals surface area contributed by atoms with E-state index in [1.807, 2.05) is 11.8 Å². The van der Waals surface area contributed by atoms with Crippen LogP contribution < -0.4 is 0 Å². The van der Waals surface area contributed by atoms with Crippen LogP contribution in [0.3, 0.4) is 0 Å². The zero-order valence-corrected chi connectivity index (χ0v) is 7.68. The molecule has 0 spiro atoms. The minimum atomic E-state index is 0.681. The van der Waals surface area contributed by atoms with Crippen molar-refractivity contribution in [3.05, 3.63) is 35.6 Å². The summed E-state index contributed by atoms with van der Waals surface area (Å²) in [5, 5.41) is 0. The molecule has 0 aromatic carbocycles. The van der Waals surface area contributed by atoms with Gasteiger partial charge in [-0.3, -0.25) is 0 Å². The summed E-state index contributed by atoms with van der Waals surface area (Å²) in [5.74, 6) is 2.41. The van der Waals surface area contributed by atoms with Crippen molar-refractivity contribution < 1.29 is 0 Å². The lowest BCUT2D eigenvalue weighted by molar-refractivity contribution is 0.364. The summed E-state index contributed by atoms with van der Waals surface area (Å²) in [6.45, 7) is 0. The maximum atomic E-state index is 2.54. The fourth-order valence-electron chi connectivity index (χ4n) is 2.11. The second-order valence-electron chi connectivity index (χ2n) is 3.43. The van der Waals surface area contributed by atoms with Gasteiger partial charge in [-0.1, -0.05) is 18.2 Å². The van der Waals surface area contributed by atoms with Crippen LogP contribution in [0.15, 0.2) is 35.6 Å². The van der Waals surface area contributed by atoms with E-state index in [2.05, 4.69) is 29.2 Å². The average molecular weight is 177 g/mol. The van der Waals surface area contributed by atoms with Gasteiger partial charge in [0.2, 0.25) is 0 Å². The maximum Gasteiger partial charge on any atom is 0.0647 e. The van der Waals surface area contributed by atoms with Gasteiger partial charge in [-0.05, 0) is 18.1 Å². The second-order valence-corrected chi connectivity index (χ2v) is 4.38. The Balaban J connectivity index is 2.02. The Morgan fingerprint density at radius 3 is 3.50 bits per heavy atom. The molecule has 2 heteroatoms. The Kier molecular flexibility index (Phi) is 1.38. The van der Waals surface area contributed by atoms with E-state index in [0.29, 0.717) is 6.04 Å². The Labute approximate surface area is 76.8 Å². The molecule has 2 aliphatic heterocycles. The van der Waals surface area contributed by atoms with E-state index in [4.69, 9.17) is 0 Å². The number of hydrogen-bond acceptors (Lipinski definition) is 2. The van der Waals surface area contributed by atoms with Crippen molar-refractivity contribution >= 4 is 11.8 Å². The Hall–Kier alpha value is -0.630. The van der Waals surface area contributed by atoms with E-state index < -0.39 is 0 Å². The highest BCUT2D eigenvalue weighted by Gasteiger charge is 2.32. The third kappa shape index (κ3) is 0.816. The highest BCUT2D eigenvalue weighted by atomic mass is 32.2. The quantitative estimate of drug-likeness (QED) is 0.557. The largest absolute Gasteiger partial charge is 0.357 e. The third-order valence-electron chi connectivity index (χ3n) is 2.73. The van der Waals surface area contributed by atoms with Crippen LogP contribution in [-0.2, 0) is 0 Å². The lowest BCUT2D eigenvalue weighted by atomic mass is 10.0. The predicted octanol–water partition coefficient (Wildman–Crippen LogP) is 2.15. The molecule has 1 nitrogen and oxygen atoms in total. The lowest BCUT2D eigenvalue weighted by Gasteiger charge is -2.25. The van der Waals surface area contributed by atoms with Crippen molar-refractivity contribution in [1.82, 2.24) is 4.90 Å². The molecule has 0 radical (unpaired) electrons. The van der Waals surface area contributed by atoms with Crippen molar-refractivity contribution in [3.63, 3.8) is 0 Å². The number of thioether (sulfide) groups is 1. The first-order valence-corrected chi connectivity index (χ1v) is 5.52. The monoisotopic (exact) mass is 177 g/mol. The smallest absolute Gasteiger partial charge is 0.0647 e. The average Bonchev–Trinajstić information content (AvgIpc) is 2.62. The van der Waals surface area contributed by atoms with Crippen LogP contribution >= 0.6 is 11.8 Å². The fraction of sp³-hybridized carbons (Fsp3) is 0.400. The molecule has 1 unspecified atom stereocenters. The summed E-state index contributed by atoms with van der Waals surface area (Å²) in [7, 11) is 0. The summed E-state index contributed by atoms with van der Waals surface area (Å²) in [6, 6.07) is 0.681. The number of allylic oxidation sites excluding steroid dienone is 2. The van der Waals surface area contributed by atoms with Crippen LogP contribution in [0.1, 0.15) is 6.42 Å².